The number of aromatic nitrogens is 2. The van der Waals surface area contributed by atoms with Gasteiger partial charge in [0.2, 0.25) is 0 Å². The highest BCUT2D eigenvalue weighted by Crippen LogP contribution is 2.11. The number of benzene rings is 1. The summed E-state index contributed by atoms with van der Waals surface area (Å²) in [6.07, 6.45) is -0.366. The minimum absolute atomic E-state index is 0.0399. The van der Waals surface area contributed by atoms with E-state index >= 15 is 0 Å². The lowest BCUT2D eigenvalue weighted by Crippen LogP contribution is -2.16. The number of hydrogen-bond acceptors (Lipinski definition) is 4. The Labute approximate surface area is 102 Å². The lowest BCUT2D eigenvalue weighted by atomic mass is 10.1. The van der Waals surface area contributed by atoms with Crippen molar-refractivity contribution >= 4 is 16.9 Å². The summed E-state index contributed by atoms with van der Waals surface area (Å²) in [5.41, 5.74) is 0.0521. The van der Waals surface area contributed by atoms with E-state index in [0.717, 1.165) is 0 Å². The van der Waals surface area contributed by atoms with Gasteiger partial charge in [0.25, 0.3) is 5.56 Å². The predicted octanol–water partition coefficient (Wildman–Crippen LogP) is 0.545. The van der Waals surface area contributed by atoms with Crippen molar-refractivity contribution in [2.75, 3.05) is 0 Å². The van der Waals surface area contributed by atoms with Crippen LogP contribution in [0.25, 0.3) is 10.9 Å². The Morgan fingerprint density at radius 2 is 2.22 bits per heavy atom. The van der Waals surface area contributed by atoms with Crippen LogP contribution in [-0.4, -0.2) is 32.3 Å². The summed E-state index contributed by atoms with van der Waals surface area (Å²) < 4.78 is 0. The van der Waals surface area contributed by atoms with Crippen LogP contribution in [0.2, 0.25) is 0 Å². The first-order chi connectivity index (χ1) is 8.47. The van der Waals surface area contributed by atoms with Gasteiger partial charge in [0.1, 0.15) is 5.82 Å². The normalized spacial score (nSPS) is 12.6. The first-order valence-corrected chi connectivity index (χ1v) is 5.41. The molecule has 18 heavy (non-hydrogen) atoms. The maximum Gasteiger partial charge on any atom is 0.335 e. The van der Waals surface area contributed by atoms with Gasteiger partial charge in [-0.05, 0) is 25.1 Å². The average molecular weight is 248 g/mol. The van der Waals surface area contributed by atoms with E-state index in [1.165, 1.54) is 18.2 Å². The van der Waals surface area contributed by atoms with E-state index in [4.69, 9.17) is 5.11 Å². The Hall–Kier alpha value is -2.21. The standard InChI is InChI=1S/C12H12N2O4/c1-6(15)4-10-13-9-3-2-7(12(17)18)5-8(9)11(16)14-10/h2-3,5-6,15H,4H2,1H3,(H,17,18)(H,13,14,16). The van der Waals surface area contributed by atoms with Gasteiger partial charge in [-0.2, -0.15) is 0 Å². The van der Waals surface area contributed by atoms with Gasteiger partial charge in [-0.15, -0.1) is 0 Å². The van der Waals surface area contributed by atoms with Gasteiger partial charge in [0.05, 0.1) is 22.6 Å². The molecule has 0 aliphatic heterocycles. The Morgan fingerprint density at radius 3 is 2.83 bits per heavy atom. The molecule has 6 heteroatoms. The number of hydrogen-bond donors (Lipinski definition) is 3. The molecule has 1 atom stereocenters. The number of aromatic amines is 1. The molecule has 1 aromatic carbocycles. The number of carboxylic acid groups (broad SMARTS) is 1. The second-order valence-electron chi connectivity index (χ2n) is 4.10. The summed E-state index contributed by atoms with van der Waals surface area (Å²) in [5, 5.41) is 18.3. The molecule has 0 fully saturated rings. The second kappa shape index (κ2) is 4.58. The molecular weight excluding hydrogens is 236 g/mol. The van der Waals surface area contributed by atoms with Crippen molar-refractivity contribution in [3.63, 3.8) is 0 Å². The molecule has 0 saturated carbocycles. The van der Waals surface area contributed by atoms with Crippen molar-refractivity contribution in [3.05, 3.63) is 39.9 Å². The van der Waals surface area contributed by atoms with Crippen molar-refractivity contribution in [3.8, 4) is 0 Å². The first kappa shape index (κ1) is 12.3. The van der Waals surface area contributed by atoms with Gasteiger partial charge in [-0.3, -0.25) is 4.79 Å². The second-order valence-corrected chi connectivity index (χ2v) is 4.10. The molecular formula is C12H12N2O4. The summed E-state index contributed by atoms with van der Waals surface area (Å²) in [6, 6.07) is 4.17. The van der Waals surface area contributed by atoms with Crippen molar-refractivity contribution in [2.24, 2.45) is 0 Å². The number of carboxylic acids is 1. The third-order valence-electron chi connectivity index (χ3n) is 2.49. The fraction of sp³-hybridized carbons (Fsp3) is 0.250. The smallest absolute Gasteiger partial charge is 0.335 e. The molecule has 1 heterocycles. The molecule has 1 aromatic heterocycles. The highest BCUT2D eigenvalue weighted by atomic mass is 16.4. The van der Waals surface area contributed by atoms with Crippen LogP contribution < -0.4 is 5.56 Å². The van der Waals surface area contributed by atoms with Crippen LogP contribution in [0.3, 0.4) is 0 Å². The molecule has 0 amide bonds. The van der Waals surface area contributed by atoms with Crippen LogP contribution in [0.15, 0.2) is 23.0 Å². The molecule has 0 saturated heterocycles. The van der Waals surface area contributed by atoms with Gasteiger partial charge < -0.3 is 15.2 Å². The number of aliphatic hydroxyl groups excluding tert-OH is 1. The minimum atomic E-state index is -1.09. The van der Waals surface area contributed by atoms with Crippen molar-refractivity contribution in [2.45, 2.75) is 19.4 Å². The van der Waals surface area contributed by atoms with Crippen molar-refractivity contribution in [1.29, 1.82) is 0 Å². The number of rotatable bonds is 3. The van der Waals surface area contributed by atoms with E-state index in [9.17, 15) is 14.7 Å². The minimum Gasteiger partial charge on any atom is -0.478 e. The van der Waals surface area contributed by atoms with Crippen LogP contribution in [0.1, 0.15) is 23.1 Å². The largest absolute Gasteiger partial charge is 0.478 e. The maximum atomic E-state index is 11.8. The molecule has 1 unspecified atom stereocenters. The average Bonchev–Trinajstić information content (AvgIpc) is 2.27. The van der Waals surface area contributed by atoms with Crippen LogP contribution >= 0.6 is 0 Å². The number of carbonyl (C=O) groups is 1. The summed E-state index contributed by atoms with van der Waals surface area (Å²) in [4.78, 5) is 29.3. The van der Waals surface area contributed by atoms with Crippen molar-refractivity contribution < 1.29 is 15.0 Å². The summed E-state index contributed by atoms with van der Waals surface area (Å²) >= 11 is 0. The number of aromatic carboxylic acids is 1. The van der Waals surface area contributed by atoms with Gasteiger partial charge in [-0.1, -0.05) is 0 Å². The molecule has 6 nitrogen and oxygen atoms in total. The first-order valence-electron chi connectivity index (χ1n) is 5.41. The van der Waals surface area contributed by atoms with E-state index in [1.807, 2.05) is 0 Å². The molecule has 2 rings (SSSR count). The highest BCUT2D eigenvalue weighted by molar-refractivity contribution is 5.92. The molecule has 3 N–H and O–H groups in total. The molecule has 0 aliphatic carbocycles. The zero-order chi connectivity index (χ0) is 13.3. The third-order valence-corrected chi connectivity index (χ3v) is 2.49. The number of aliphatic hydroxyl groups is 1. The lowest BCUT2D eigenvalue weighted by Gasteiger charge is -2.05. The zero-order valence-corrected chi connectivity index (χ0v) is 9.67. The number of H-pyrrole nitrogens is 1. The molecule has 0 aliphatic rings. The Bertz CT molecular complexity index is 661. The molecule has 94 valence electrons. The van der Waals surface area contributed by atoms with E-state index in [0.29, 0.717) is 11.3 Å². The summed E-state index contributed by atoms with van der Waals surface area (Å²) in [7, 11) is 0. The van der Waals surface area contributed by atoms with E-state index in [1.54, 1.807) is 6.92 Å². The number of nitrogens with zero attached hydrogens (tertiary/aromatic N) is 1. The summed E-state index contributed by atoms with van der Waals surface area (Å²) in [6.45, 7) is 1.59. The van der Waals surface area contributed by atoms with Crippen molar-refractivity contribution in [1.82, 2.24) is 9.97 Å². The monoisotopic (exact) mass is 248 g/mol. The SMILES string of the molecule is CC(O)Cc1nc2ccc(C(=O)O)cc2c(=O)[nH]1. The van der Waals surface area contributed by atoms with E-state index < -0.39 is 17.6 Å². The molecule has 0 bridgehead atoms. The van der Waals surface area contributed by atoms with Crippen LogP contribution in [-0.2, 0) is 6.42 Å². The maximum absolute atomic E-state index is 11.8. The number of nitrogens with one attached hydrogen (secondary N) is 1. The zero-order valence-electron chi connectivity index (χ0n) is 9.67. The lowest BCUT2D eigenvalue weighted by molar-refractivity contribution is 0.0697. The predicted molar refractivity (Wildman–Crippen MR) is 64.7 cm³/mol. The van der Waals surface area contributed by atoms with Crippen LogP contribution in [0.4, 0.5) is 0 Å². The van der Waals surface area contributed by atoms with Gasteiger partial charge >= 0.3 is 5.97 Å². The Morgan fingerprint density at radius 1 is 1.50 bits per heavy atom. The van der Waals surface area contributed by atoms with E-state index in [-0.39, 0.29) is 17.4 Å². The molecule has 0 spiro atoms. The van der Waals surface area contributed by atoms with Crippen LogP contribution in [0.5, 0.6) is 0 Å². The highest BCUT2D eigenvalue weighted by Gasteiger charge is 2.09. The Balaban J connectivity index is 2.59. The summed E-state index contributed by atoms with van der Waals surface area (Å²) in [5.74, 6) is -0.713. The van der Waals surface area contributed by atoms with Gasteiger partial charge in [0, 0.05) is 6.42 Å². The quantitative estimate of drug-likeness (QED) is 0.735. The Kier molecular flexibility index (Phi) is 3.12. The van der Waals surface area contributed by atoms with Gasteiger partial charge in [0.15, 0.2) is 0 Å². The number of fused-ring (bicyclic) bond motifs is 1. The topological polar surface area (TPSA) is 103 Å². The third kappa shape index (κ3) is 2.38. The van der Waals surface area contributed by atoms with Gasteiger partial charge in [-0.25, -0.2) is 9.78 Å². The van der Waals surface area contributed by atoms with E-state index in [2.05, 4.69) is 9.97 Å². The van der Waals surface area contributed by atoms with Crippen LogP contribution in [0, 0.1) is 0 Å². The fourth-order valence-corrected chi connectivity index (χ4v) is 1.70. The molecule has 2 aromatic rings. The fourth-order valence-electron chi connectivity index (χ4n) is 1.70. The molecule has 0 radical (unpaired) electrons.